The third-order valence-electron chi connectivity index (χ3n) is 4.25. The second kappa shape index (κ2) is 7.09. The molecule has 3 nitrogen and oxygen atoms in total. The minimum atomic E-state index is -0.368. The molecule has 0 heterocycles. The van der Waals surface area contributed by atoms with Crippen LogP contribution < -0.4 is 10.1 Å². The first kappa shape index (κ1) is 15.3. The molecule has 0 spiro atoms. The molecule has 3 heteroatoms. The molecule has 2 rings (SSSR count). The molecule has 0 amide bonds. The summed E-state index contributed by atoms with van der Waals surface area (Å²) in [5.74, 6) is 0.884. The minimum absolute atomic E-state index is 0.109. The Labute approximate surface area is 122 Å². The summed E-state index contributed by atoms with van der Waals surface area (Å²) in [7, 11) is 0. The van der Waals surface area contributed by atoms with Crippen LogP contribution in [0.1, 0.15) is 51.5 Å². The van der Waals surface area contributed by atoms with Gasteiger partial charge in [-0.15, -0.1) is 0 Å². The fourth-order valence-corrected chi connectivity index (χ4v) is 3.00. The van der Waals surface area contributed by atoms with Gasteiger partial charge in [0.15, 0.2) is 0 Å². The Kier molecular flexibility index (Phi) is 5.44. The largest absolute Gasteiger partial charge is 0.494 e. The minimum Gasteiger partial charge on any atom is -0.494 e. The zero-order valence-corrected chi connectivity index (χ0v) is 12.7. The van der Waals surface area contributed by atoms with Gasteiger partial charge < -0.3 is 15.2 Å². The Hall–Kier alpha value is -1.06. The summed E-state index contributed by atoms with van der Waals surface area (Å²) in [4.78, 5) is 0. The van der Waals surface area contributed by atoms with Crippen LogP contribution in [0.3, 0.4) is 0 Å². The van der Waals surface area contributed by atoms with E-state index >= 15 is 0 Å². The van der Waals surface area contributed by atoms with Crippen molar-refractivity contribution >= 4 is 0 Å². The Morgan fingerprint density at radius 1 is 1.20 bits per heavy atom. The fourth-order valence-electron chi connectivity index (χ4n) is 3.00. The Bertz CT molecular complexity index is 398. The van der Waals surface area contributed by atoms with Gasteiger partial charge >= 0.3 is 0 Å². The van der Waals surface area contributed by atoms with Gasteiger partial charge in [0, 0.05) is 6.04 Å². The van der Waals surface area contributed by atoms with Crippen LogP contribution in [0.25, 0.3) is 0 Å². The number of hydrogen-bond donors (Lipinski definition) is 2. The number of hydrogen-bond acceptors (Lipinski definition) is 3. The molecule has 1 aliphatic carbocycles. The standard InChI is InChI=1S/C17H27NO2/c1-3-20-16-11-9-14(10-12-16)17(2,13-19)18-15-7-5-4-6-8-15/h9-12,15,18-19H,3-8,13H2,1-2H3. The zero-order valence-electron chi connectivity index (χ0n) is 12.7. The number of nitrogens with one attached hydrogen (secondary N) is 1. The summed E-state index contributed by atoms with van der Waals surface area (Å²) in [5, 5.41) is 13.5. The predicted molar refractivity (Wildman–Crippen MR) is 82.1 cm³/mol. The first-order valence-electron chi connectivity index (χ1n) is 7.80. The Morgan fingerprint density at radius 2 is 1.85 bits per heavy atom. The molecule has 1 atom stereocenters. The van der Waals surface area contributed by atoms with Crippen LogP contribution in [0.5, 0.6) is 5.75 Å². The van der Waals surface area contributed by atoms with Gasteiger partial charge in [-0.1, -0.05) is 31.4 Å². The van der Waals surface area contributed by atoms with Crippen molar-refractivity contribution in [2.45, 2.75) is 57.5 Å². The maximum absolute atomic E-state index is 9.85. The molecule has 0 bridgehead atoms. The lowest BCUT2D eigenvalue weighted by atomic mass is 9.88. The molecule has 1 aromatic carbocycles. The first-order chi connectivity index (χ1) is 9.68. The van der Waals surface area contributed by atoms with Crippen LogP contribution in [0, 0.1) is 0 Å². The lowest BCUT2D eigenvalue weighted by Crippen LogP contribution is -2.49. The van der Waals surface area contributed by atoms with Crippen molar-refractivity contribution in [3.05, 3.63) is 29.8 Å². The van der Waals surface area contributed by atoms with Crippen LogP contribution in [-0.2, 0) is 5.54 Å². The van der Waals surface area contributed by atoms with E-state index in [9.17, 15) is 5.11 Å². The van der Waals surface area contributed by atoms with Gasteiger partial charge in [-0.3, -0.25) is 0 Å². The summed E-state index contributed by atoms with van der Waals surface area (Å²) in [5.41, 5.74) is 0.751. The number of aliphatic hydroxyl groups is 1. The average Bonchev–Trinajstić information content (AvgIpc) is 2.49. The first-order valence-corrected chi connectivity index (χ1v) is 7.80. The summed E-state index contributed by atoms with van der Waals surface area (Å²) in [6.45, 7) is 4.85. The van der Waals surface area contributed by atoms with Gasteiger partial charge in [0.25, 0.3) is 0 Å². The van der Waals surface area contributed by atoms with E-state index in [0.29, 0.717) is 12.6 Å². The number of benzene rings is 1. The molecule has 20 heavy (non-hydrogen) atoms. The van der Waals surface area contributed by atoms with E-state index in [0.717, 1.165) is 11.3 Å². The molecule has 1 aliphatic rings. The lowest BCUT2D eigenvalue weighted by Gasteiger charge is -2.36. The summed E-state index contributed by atoms with van der Waals surface area (Å²) >= 11 is 0. The molecule has 1 aromatic rings. The lowest BCUT2D eigenvalue weighted by molar-refractivity contribution is 0.150. The van der Waals surface area contributed by atoms with Crippen LogP contribution in [-0.4, -0.2) is 24.4 Å². The van der Waals surface area contributed by atoms with Crippen molar-refractivity contribution in [2.24, 2.45) is 0 Å². The van der Waals surface area contributed by atoms with Gasteiger partial charge in [-0.05, 0) is 44.4 Å². The van der Waals surface area contributed by atoms with E-state index in [1.54, 1.807) is 0 Å². The van der Waals surface area contributed by atoms with Crippen molar-refractivity contribution in [3.63, 3.8) is 0 Å². The van der Waals surface area contributed by atoms with Gasteiger partial charge in [0.2, 0.25) is 0 Å². The normalized spacial score (nSPS) is 19.6. The Morgan fingerprint density at radius 3 is 2.40 bits per heavy atom. The summed E-state index contributed by atoms with van der Waals surface area (Å²) in [6.07, 6.45) is 6.36. The highest BCUT2D eigenvalue weighted by molar-refractivity contribution is 5.32. The fraction of sp³-hybridized carbons (Fsp3) is 0.647. The predicted octanol–water partition coefficient (Wildman–Crippen LogP) is 3.22. The van der Waals surface area contributed by atoms with Crippen molar-refractivity contribution in [3.8, 4) is 5.75 Å². The highest BCUT2D eigenvalue weighted by atomic mass is 16.5. The zero-order chi connectivity index (χ0) is 14.4. The van der Waals surface area contributed by atoms with Gasteiger partial charge in [0.05, 0.1) is 18.8 Å². The van der Waals surface area contributed by atoms with Gasteiger partial charge in [-0.25, -0.2) is 0 Å². The second-order valence-corrected chi connectivity index (χ2v) is 5.93. The maximum atomic E-state index is 9.85. The van der Waals surface area contributed by atoms with Crippen molar-refractivity contribution < 1.29 is 9.84 Å². The molecule has 0 aliphatic heterocycles. The number of ether oxygens (including phenoxy) is 1. The molecule has 1 saturated carbocycles. The molecular formula is C17H27NO2. The number of rotatable bonds is 6. The topological polar surface area (TPSA) is 41.5 Å². The third kappa shape index (κ3) is 3.74. The third-order valence-corrected chi connectivity index (χ3v) is 4.25. The molecule has 0 aromatic heterocycles. The Balaban J connectivity index is 2.07. The molecule has 1 unspecified atom stereocenters. The van der Waals surface area contributed by atoms with Crippen LogP contribution in [0.4, 0.5) is 0 Å². The quantitative estimate of drug-likeness (QED) is 0.839. The van der Waals surface area contributed by atoms with Gasteiger partial charge in [-0.2, -0.15) is 0 Å². The number of aliphatic hydroxyl groups excluding tert-OH is 1. The SMILES string of the molecule is CCOc1ccc(C(C)(CO)NC2CCCCC2)cc1. The smallest absolute Gasteiger partial charge is 0.119 e. The summed E-state index contributed by atoms with van der Waals surface area (Å²) in [6, 6.07) is 8.59. The maximum Gasteiger partial charge on any atom is 0.119 e. The van der Waals surface area contributed by atoms with E-state index in [2.05, 4.69) is 24.4 Å². The van der Waals surface area contributed by atoms with E-state index in [-0.39, 0.29) is 12.1 Å². The highest BCUT2D eigenvalue weighted by Gasteiger charge is 2.29. The van der Waals surface area contributed by atoms with Crippen LogP contribution in [0.2, 0.25) is 0 Å². The molecule has 112 valence electrons. The molecule has 1 fully saturated rings. The van der Waals surface area contributed by atoms with E-state index in [4.69, 9.17) is 4.74 Å². The molecule has 0 saturated heterocycles. The van der Waals surface area contributed by atoms with E-state index < -0.39 is 0 Å². The monoisotopic (exact) mass is 277 g/mol. The average molecular weight is 277 g/mol. The van der Waals surface area contributed by atoms with E-state index in [1.807, 2.05) is 19.1 Å². The van der Waals surface area contributed by atoms with Crippen LogP contribution in [0.15, 0.2) is 24.3 Å². The molecular weight excluding hydrogens is 250 g/mol. The second-order valence-electron chi connectivity index (χ2n) is 5.93. The van der Waals surface area contributed by atoms with E-state index in [1.165, 1.54) is 32.1 Å². The van der Waals surface area contributed by atoms with Gasteiger partial charge in [0.1, 0.15) is 5.75 Å². The van der Waals surface area contributed by atoms with Crippen molar-refractivity contribution in [2.75, 3.05) is 13.2 Å². The van der Waals surface area contributed by atoms with Crippen molar-refractivity contribution in [1.82, 2.24) is 5.32 Å². The van der Waals surface area contributed by atoms with Crippen molar-refractivity contribution in [1.29, 1.82) is 0 Å². The van der Waals surface area contributed by atoms with Crippen LogP contribution >= 0.6 is 0 Å². The molecule has 0 radical (unpaired) electrons. The summed E-state index contributed by atoms with van der Waals surface area (Å²) < 4.78 is 5.47. The molecule has 2 N–H and O–H groups in total. The highest BCUT2D eigenvalue weighted by Crippen LogP contribution is 2.27.